The Balaban J connectivity index is 1.77. The molecule has 0 atom stereocenters. The smallest absolute Gasteiger partial charge is 0.155 e. The van der Waals surface area contributed by atoms with Gasteiger partial charge in [0.1, 0.15) is 0 Å². The van der Waals surface area contributed by atoms with Gasteiger partial charge in [0.05, 0.1) is 0 Å². The monoisotopic (exact) mass is 323 g/mol. The number of allylic oxidation sites excluding steroid dienone is 1. The van der Waals surface area contributed by atoms with Crippen molar-refractivity contribution in [2.45, 2.75) is 32.1 Å². The van der Waals surface area contributed by atoms with Gasteiger partial charge >= 0.3 is 0 Å². The lowest BCUT2D eigenvalue weighted by Crippen LogP contribution is -1.95. The summed E-state index contributed by atoms with van der Waals surface area (Å²) in [5.74, 6) is 0.173. The molecule has 0 saturated heterocycles. The number of ketones is 1. The first-order valence-corrected chi connectivity index (χ1v) is 8.45. The molecule has 1 aromatic heterocycles. The average Bonchev–Trinajstić information content (AvgIpc) is 2.63. The molecule has 3 nitrogen and oxygen atoms in total. The number of hydrogen-bond acceptors (Lipinski definition) is 3. The van der Waals surface area contributed by atoms with Crippen molar-refractivity contribution in [1.82, 2.24) is 4.98 Å². The van der Waals surface area contributed by atoms with E-state index in [1.807, 2.05) is 18.3 Å². The minimum absolute atomic E-state index is 0.173. The number of nitrogens with zero attached hydrogens (tertiary/aromatic N) is 1. The number of hydrogen-bond donors (Lipinski definition) is 0. The maximum atomic E-state index is 11.8. The third kappa shape index (κ3) is 6.88. The van der Waals surface area contributed by atoms with E-state index in [2.05, 4.69) is 35.3 Å². The van der Waals surface area contributed by atoms with Crippen LogP contribution in [0.5, 0.6) is 0 Å². The van der Waals surface area contributed by atoms with E-state index >= 15 is 0 Å². The second-order valence-electron chi connectivity index (χ2n) is 5.85. The third-order valence-corrected chi connectivity index (χ3v) is 3.89. The number of benzene rings is 1. The van der Waals surface area contributed by atoms with Gasteiger partial charge in [-0.2, -0.15) is 0 Å². The van der Waals surface area contributed by atoms with Gasteiger partial charge in [0.2, 0.25) is 0 Å². The molecule has 0 saturated carbocycles. The molecule has 0 unspecified atom stereocenters. The van der Waals surface area contributed by atoms with Crippen LogP contribution >= 0.6 is 0 Å². The fourth-order valence-electron chi connectivity index (χ4n) is 2.45. The molecule has 2 rings (SSSR count). The van der Waals surface area contributed by atoms with E-state index in [-0.39, 0.29) is 5.78 Å². The summed E-state index contributed by atoms with van der Waals surface area (Å²) in [6.07, 6.45) is 11.7. The first-order chi connectivity index (χ1) is 11.8. The van der Waals surface area contributed by atoms with Gasteiger partial charge in [-0.05, 0) is 54.5 Å². The van der Waals surface area contributed by atoms with Crippen LogP contribution in [-0.2, 0) is 22.4 Å². The van der Waals surface area contributed by atoms with Crippen molar-refractivity contribution < 1.29 is 9.53 Å². The van der Waals surface area contributed by atoms with Gasteiger partial charge in [0.25, 0.3) is 0 Å². The Hall–Kier alpha value is -2.26. The molecule has 0 amide bonds. The first kappa shape index (κ1) is 18.1. The number of aryl methyl sites for hydroxylation is 2. The molecule has 0 spiro atoms. The van der Waals surface area contributed by atoms with Crippen molar-refractivity contribution in [2.24, 2.45) is 0 Å². The van der Waals surface area contributed by atoms with E-state index in [1.165, 1.54) is 11.1 Å². The summed E-state index contributed by atoms with van der Waals surface area (Å²) in [6, 6.07) is 12.4. The van der Waals surface area contributed by atoms with E-state index in [0.29, 0.717) is 6.42 Å². The fourth-order valence-corrected chi connectivity index (χ4v) is 2.45. The maximum Gasteiger partial charge on any atom is 0.155 e. The number of rotatable bonds is 10. The predicted octanol–water partition coefficient (Wildman–Crippen LogP) is 4.27. The van der Waals surface area contributed by atoms with E-state index < -0.39 is 0 Å². The highest BCUT2D eigenvalue weighted by Gasteiger charge is 1.98. The lowest BCUT2D eigenvalue weighted by molar-refractivity contribution is -0.114. The van der Waals surface area contributed by atoms with Crippen LogP contribution in [0.1, 0.15) is 36.0 Å². The lowest BCUT2D eigenvalue weighted by atomic mass is 10.0. The first-order valence-electron chi connectivity index (χ1n) is 8.45. The van der Waals surface area contributed by atoms with E-state index in [4.69, 9.17) is 4.74 Å². The molecule has 126 valence electrons. The zero-order valence-electron chi connectivity index (χ0n) is 14.3. The van der Waals surface area contributed by atoms with Crippen LogP contribution in [-0.4, -0.2) is 24.5 Å². The lowest BCUT2D eigenvalue weighted by Gasteiger charge is -2.02. The quantitative estimate of drug-likeness (QED) is 0.484. The van der Waals surface area contributed by atoms with Gasteiger partial charge in [-0.1, -0.05) is 36.4 Å². The summed E-state index contributed by atoms with van der Waals surface area (Å²) in [5, 5.41) is 0. The van der Waals surface area contributed by atoms with Gasteiger partial charge in [0.15, 0.2) is 5.78 Å². The summed E-state index contributed by atoms with van der Waals surface area (Å²) in [6.45, 7) is 0.720. The Labute approximate surface area is 144 Å². The molecular weight excluding hydrogens is 298 g/mol. The minimum atomic E-state index is 0.173. The second kappa shape index (κ2) is 10.5. The van der Waals surface area contributed by atoms with Gasteiger partial charge in [-0.3, -0.25) is 9.78 Å². The Morgan fingerprint density at radius 3 is 2.58 bits per heavy atom. The number of methoxy groups -OCH3 is 1. The van der Waals surface area contributed by atoms with Crippen LogP contribution in [0.15, 0.2) is 54.9 Å². The van der Waals surface area contributed by atoms with Crippen molar-refractivity contribution in [2.75, 3.05) is 13.7 Å². The van der Waals surface area contributed by atoms with Gasteiger partial charge < -0.3 is 4.74 Å². The van der Waals surface area contributed by atoms with Crippen LogP contribution in [0.4, 0.5) is 0 Å². The average molecular weight is 323 g/mol. The topological polar surface area (TPSA) is 39.2 Å². The molecule has 0 fully saturated rings. The molecule has 0 aliphatic heterocycles. The highest BCUT2D eigenvalue weighted by atomic mass is 16.5. The number of carbonyl (C=O) groups excluding carboxylic acids is 1. The Morgan fingerprint density at radius 1 is 1.08 bits per heavy atom. The highest BCUT2D eigenvalue weighted by molar-refractivity contribution is 5.93. The van der Waals surface area contributed by atoms with Crippen LogP contribution < -0.4 is 0 Å². The Bertz CT molecular complexity index is 633. The van der Waals surface area contributed by atoms with Gasteiger partial charge in [-0.25, -0.2) is 0 Å². The van der Waals surface area contributed by atoms with Crippen molar-refractivity contribution in [3.63, 3.8) is 0 Å². The zero-order valence-corrected chi connectivity index (χ0v) is 14.3. The van der Waals surface area contributed by atoms with Gasteiger partial charge in [0, 0.05) is 32.5 Å². The fraction of sp³-hybridized carbons (Fsp3) is 0.333. The molecule has 2 aromatic rings. The van der Waals surface area contributed by atoms with Crippen molar-refractivity contribution in [3.05, 3.63) is 71.6 Å². The largest absolute Gasteiger partial charge is 0.385 e. The summed E-state index contributed by atoms with van der Waals surface area (Å²) in [5.41, 5.74) is 3.60. The normalized spacial score (nSPS) is 11.0. The van der Waals surface area contributed by atoms with E-state index in [9.17, 15) is 4.79 Å². The number of ether oxygens (including phenoxy) is 1. The highest BCUT2D eigenvalue weighted by Crippen LogP contribution is 2.10. The van der Waals surface area contributed by atoms with Crippen LogP contribution in [0.2, 0.25) is 0 Å². The molecule has 0 bridgehead atoms. The number of pyridine rings is 1. The molecule has 0 aliphatic rings. The summed E-state index contributed by atoms with van der Waals surface area (Å²) in [7, 11) is 1.68. The van der Waals surface area contributed by atoms with Crippen LogP contribution in [0.25, 0.3) is 6.08 Å². The molecule has 1 heterocycles. The second-order valence-corrected chi connectivity index (χ2v) is 5.85. The number of aromatic nitrogens is 1. The molecule has 24 heavy (non-hydrogen) atoms. The maximum absolute atomic E-state index is 11.8. The number of unbranched alkanes of at least 4 members (excludes halogenated alkanes) is 1. The Kier molecular flexibility index (Phi) is 7.91. The summed E-state index contributed by atoms with van der Waals surface area (Å²) < 4.78 is 4.98. The van der Waals surface area contributed by atoms with Crippen molar-refractivity contribution >= 4 is 11.9 Å². The van der Waals surface area contributed by atoms with Gasteiger partial charge in [-0.15, -0.1) is 0 Å². The standard InChI is InChI=1S/C21H25NO2/c1-24-16-3-2-6-21(23)14-13-19-9-7-18(8-10-19)11-12-20-5-4-15-22-17-20/h4-5,7-10,13-15,17H,2-3,6,11-12,16H2,1H3/b14-13+. The minimum Gasteiger partial charge on any atom is -0.385 e. The molecule has 0 N–H and O–H groups in total. The third-order valence-electron chi connectivity index (χ3n) is 3.89. The van der Waals surface area contributed by atoms with E-state index in [1.54, 1.807) is 19.4 Å². The van der Waals surface area contributed by atoms with Crippen LogP contribution in [0.3, 0.4) is 0 Å². The molecule has 0 aliphatic carbocycles. The van der Waals surface area contributed by atoms with E-state index in [0.717, 1.165) is 37.9 Å². The van der Waals surface area contributed by atoms with Crippen LogP contribution in [0, 0.1) is 0 Å². The van der Waals surface area contributed by atoms with Crippen molar-refractivity contribution in [3.8, 4) is 0 Å². The SMILES string of the molecule is COCCCCC(=O)/C=C/c1ccc(CCc2cccnc2)cc1. The van der Waals surface area contributed by atoms with Crippen molar-refractivity contribution in [1.29, 1.82) is 0 Å². The molecule has 0 radical (unpaired) electrons. The molecule has 1 aromatic carbocycles. The molecule has 3 heteroatoms. The zero-order chi connectivity index (χ0) is 17.0. The molecular formula is C21H25NO2. The summed E-state index contributed by atoms with van der Waals surface area (Å²) in [4.78, 5) is 15.9. The predicted molar refractivity (Wildman–Crippen MR) is 97.9 cm³/mol. The summed E-state index contributed by atoms with van der Waals surface area (Å²) >= 11 is 0. The Morgan fingerprint density at radius 2 is 1.88 bits per heavy atom. The number of carbonyl (C=O) groups is 1.